The molecule has 324 valence electrons. The van der Waals surface area contributed by atoms with Gasteiger partial charge < -0.3 is 34.0 Å². The van der Waals surface area contributed by atoms with Gasteiger partial charge in [-0.15, -0.1) is 0 Å². The Morgan fingerprint density at radius 1 is 0.673 bits per heavy atom. The molecule has 55 heavy (non-hydrogen) atoms. The fraction of sp³-hybridized carbons (Fsp3) is 0.844. The smallest absolute Gasteiger partial charge is 0.268 e. The third kappa shape index (κ3) is 39.3. The number of phosphoric acid groups is 1. The predicted octanol–water partition coefficient (Wildman–Crippen LogP) is 10.6. The van der Waals surface area contributed by atoms with Gasteiger partial charge in [-0.05, 0) is 51.4 Å². The number of hydrogen-bond acceptors (Lipinski definition) is 7. The molecule has 0 aliphatic heterocycles. The lowest BCUT2D eigenvalue weighted by molar-refractivity contribution is -0.870. The van der Waals surface area contributed by atoms with Crippen LogP contribution < -0.4 is 10.2 Å². The van der Waals surface area contributed by atoms with Gasteiger partial charge in [-0.1, -0.05) is 166 Å². The molecule has 0 aliphatic carbocycles. The molecule has 0 rings (SSSR count). The minimum absolute atomic E-state index is 0.0376. The molecule has 0 spiro atoms. The molecule has 0 aliphatic rings. The van der Waals surface area contributed by atoms with Crippen molar-refractivity contribution in [3.8, 4) is 0 Å². The molecule has 2 unspecified atom stereocenters. The Morgan fingerprint density at radius 3 is 1.65 bits per heavy atom. The Hall–Kier alpha value is -1.32. The van der Waals surface area contributed by atoms with E-state index in [0.717, 1.165) is 51.4 Å². The minimum atomic E-state index is -4.65. The highest BCUT2D eigenvalue weighted by molar-refractivity contribution is 7.45. The van der Waals surface area contributed by atoms with Gasteiger partial charge in [0.05, 0.1) is 52.4 Å². The van der Waals surface area contributed by atoms with Crippen molar-refractivity contribution in [3.63, 3.8) is 0 Å². The van der Waals surface area contributed by atoms with E-state index in [2.05, 4.69) is 43.5 Å². The molecule has 4 atom stereocenters. The van der Waals surface area contributed by atoms with Crippen LogP contribution in [0.25, 0.3) is 0 Å². The number of carbonyl (C=O) groups is 1. The first kappa shape index (κ1) is 53.7. The van der Waals surface area contributed by atoms with Gasteiger partial charge in [0.1, 0.15) is 13.2 Å². The second-order valence-electron chi connectivity index (χ2n) is 16.6. The van der Waals surface area contributed by atoms with E-state index < -0.39 is 38.6 Å². The number of hydrogen-bond donors (Lipinski definition) is 3. The second-order valence-corrected chi connectivity index (χ2v) is 18.0. The Bertz CT molecular complexity index is 1010. The maximum Gasteiger partial charge on any atom is 0.268 e. The van der Waals surface area contributed by atoms with Crippen molar-refractivity contribution in [2.75, 3.05) is 40.9 Å². The van der Waals surface area contributed by atoms with Crippen LogP contribution in [0.15, 0.2) is 36.5 Å². The first-order chi connectivity index (χ1) is 26.4. The maximum atomic E-state index is 12.9. The lowest BCUT2D eigenvalue weighted by atomic mass is 10.0. The number of nitrogens with zero attached hydrogens (tertiary/aromatic N) is 1. The molecule has 3 N–H and O–H groups in total. The molecule has 0 aromatic rings. The SMILES string of the molecule is CCCCC/C=C\C/C=C\CCCCCCCCCC(O)CC(=O)N[C@@H](COP(=O)([O-])OCC[N+](C)(C)C)[C@H](O)/C=C/CCCCCCCCCCCCC. The summed E-state index contributed by atoms with van der Waals surface area (Å²) >= 11 is 0. The lowest BCUT2D eigenvalue weighted by Gasteiger charge is -2.29. The number of allylic oxidation sites excluding steroid dienone is 5. The topological polar surface area (TPSA) is 128 Å². The molecule has 0 fully saturated rings. The van der Waals surface area contributed by atoms with Crippen molar-refractivity contribution >= 4 is 13.7 Å². The number of quaternary nitrogens is 1. The van der Waals surface area contributed by atoms with Crippen LogP contribution in [0.4, 0.5) is 0 Å². The highest BCUT2D eigenvalue weighted by atomic mass is 31.2. The Kier molecular flexibility index (Phi) is 36.1. The summed E-state index contributed by atoms with van der Waals surface area (Å²) in [6.45, 7) is 4.44. The first-order valence-corrected chi connectivity index (χ1v) is 23.9. The number of aliphatic hydroxyl groups excluding tert-OH is 2. The van der Waals surface area contributed by atoms with Gasteiger partial charge in [0.15, 0.2) is 0 Å². The normalized spacial score (nSPS) is 15.3. The number of likely N-dealkylation sites (N-methyl/N-ethyl adjacent to an activating group) is 1. The summed E-state index contributed by atoms with van der Waals surface area (Å²) in [6.07, 6.45) is 40.7. The number of amides is 1. The second kappa shape index (κ2) is 37.0. The van der Waals surface area contributed by atoms with Crippen LogP contribution in [0.2, 0.25) is 0 Å². The van der Waals surface area contributed by atoms with Crippen LogP contribution in [0.5, 0.6) is 0 Å². The summed E-state index contributed by atoms with van der Waals surface area (Å²) in [5, 5.41) is 24.2. The quantitative estimate of drug-likeness (QED) is 0.0244. The molecule has 10 heteroatoms. The highest BCUT2D eigenvalue weighted by Crippen LogP contribution is 2.38. The van der Waals surface area contributed by atoms with Gasteiger partial charge in [0.25, 0.3) is 7.82 Å². The third-order valence-electron chi connectivity index (χ3n) is 9.90. The van der Waals surface area contributed by atoms with Crippen LogP contribution >= 0.6 is 7.82 Å². The van der Waals surface area contributed by atoms with Crippen molar-refractivity contribution in [2.45, 2.75) is 205 Å². The third-order valence-corrected chi connectivity index (χ3v) is 10.9. The maximum absolute atomic E-state index is 12.9. The zero-order valence-corrected chi connectivity index (χ0v) is 37.1. The number of unbranched alkanes of at least 4 members (excludes halogenated alkanes) is 21. The molecule has 0 saturated carbocycles. The van der Waals surface area contributed by atoms with Crippen LogP contribution in [-0.4, -0.2) is 79.8 Å². The van der Waals surface area contributed by atoms with Gasteiger partial charge in [-0.25, -0.2) is 0 Å². The van der Waals surface area contributed by atoms with Crippen LogP contribution in [0, 0.1) is 0 Å². The summed E-state index contributed by atoms with van der Waals surface area (Å²) in [4.78, 5) is 25.3. The molecule has 9 nitrogen and oxygen atoms in total. The Morgan fingerprint density at radius 2 is 1.13 bits per heavy atom. The average molecular weight is 799 g/mol. The lowest BCUT2D eigenvalue weighted by Crippen LogP contribution is -2.46. The van der Waals surface area contributed by atoms with Gasteiger partial charge in [0.2, 0.25) is 5.91 Å². The summed E-state index contributed by atoms with van der Waals surface area (Å²) < 4.78 is 23.1. The molecule has 0 radical (unpaired) electrons. The van der Waals surface area contributed by atoms with Gasteiger partial charge in [-0.2, -0.15) is 0 Å². The number of phosphoric ester groups is 1. The molecule has 1 amide bonds. The first-order valence-electron chi connectivity index (χ1n) is 22.4. The monoisotopic (exact) mass is 799 g/mol. The Labute approximate surface area is 339 Å². The van der Waals surface area contributed by atoms with Crippen molar-refractivity contribution in [1.82, 2.24) is 5.32 Å². The predicted molar refractivity (Wildman–Crippen MR) is 230 cm³/mol. The molecular weight excluding hydrogens is 711 g/mol. The van der Waals surface area contributed by atoms with E-state index in [4.69, 9.17) is 9.05 Å². The zero-order chi connectivity index (χ0) is 40.9. The highest BCUT2D eigenvalue weighted by Gasteiger charge is 2.24. The molecule has 0 bridgehead atoms. The summed E-state index contributed by atoms with van der Waals surface area (Å²) in [5.74, 6) is -0.456. The standard InChI is InChI=1S/C45H87N2O7P/c1-6-8-10-12-14-16-18-20-21-22-23-25-26-28-30-32-34-36-42(48)40-45(50)46-43(41-54-55(51,52)53-39-38-47(3,4)5)44(49)37-35-33-31-29-27-24-19-17-15-13-11-9-7-2/h14,16,20-21,35,37,42-44,48-49H,6-13,15,17-19,22-34,36,38-41H2,1-5H3,(H-,46,50,51,52)/b16-14-,21-20-,37-35+/t42?,43-,44+/m0/s1. The van der Waals surface area contributed by atoms with E-state index >= 15 is 0 Å². The zero-order valence-electron chi connectivity index (χ0n) is 36.2. The number of aliphatic hydroxyl groups is 2. The van der Waals surface area contributed by atoms with E-state index in [9.17, 15) is 24.5 Å². The molecule has 0 heterocycles. The molecular formula is C45H87N2O7P. The van der Waals surface area contributed by atoms with E-state index in [1.165, 1.54) is 109 Å². The van der Waals surface area contributed by atoms with Gasteiger partial charge in [0, 0.05) is 0 Å². The van der Waals surface area contributed by atoms with Crippen LogP contribution in [0.1, 0.15) is 187 Å². The Balaban J connectivity index is 4.52. The largest absolute Gasteiger partial charge is 0.756 e. The fourth-order valence-corrected chi connectivity index (χ4v) is 7.01. The van der Waals surface area contributed by atoms with Gasteiger partial charge >= 0.3 is 0 Å². The van der Waals surface area contributed by atoms with Crippen molar-refractivity contribution in [2.24, 2.45) is 0 Å². The van der Waals surface area contributed by atoms with E-state index in [1.807, 2.05) is 27.2 Å². The van der Waals surface area contributed by atoms with Crippen molar-refractivity contribution < 1.29 is 38.0 Å². The number of carbonyl (C=O) groups excluding carboxylic acids is 1. The summed E-state index contributed by atoms with van der Waals surface area (Å²) in [6, 6.07) is -1.01. The van der Waals surface area contributed by atoms with Crippen LogP contribution in [-0.2, 0) is 18.4 Å². The van der Waals surface area contributed by atoms with E-state index in [1.54, 1.807) is 6.08 Å². The summed E-state index contributed by atoms with van der Waals surface area (Å²) in [7, 11) is 1.14. The van der Waals surface area contributed by atoms with Crippen molar-refractivity contribution in [1.29, 1.82) is 0 Å². The van der Waals surface area contributed by atoms with Gasteiger partial charge in [-0.3, -0.25) is 9.36 Å². The molecule has 0 aromatic carbocycles. The summed E-state index contributed by atoms with van der Waals surface area (Å²) in [5.41, 5.74) is 0. The van der Waals surface area contributed by atoms with E-state index in [-0.39, 0.29) is 13.0 Å². The van der Waals surface area contributed by atoms with E-state index in [0.29, 0.717) is 17.4 Å². The fourth-order valence-electron chi connectivity index (χ4n) is 6.28. The molecule has 0 saturated heterocycles. The number of nitrogens with one attached hydrogen (secondary N) is 1. The van der Waals surface area contributed by atoms with Crippen LogP contribution in [0.3, 0.4) is 0 Å². The molecule has 0 aromatic heterocycles. The average Bonchev–Trinajstić information content (AvgIpc) is 3.12. The number of rotatable bonds is 40. The van der Waals surface area contributed by atoms with Crippen molar-refractivity contribution in [3.05, 3.63) is 36.5 Å². The minimum Gasteiger partial charge on any atom is -0.756 e.